The van der Waals surface area contributed by atoms with Crippen LogP contribution in [0.2, 0.25) is 0 Å². The Morgan fingerprint density at radius 1 is 0.900 bits per heavy atom. The van der Waals surface area contributed by atoms with Gasteiger partial charge in [0, 0.05) is 17.2 Å². The Balaban J connectivity index is 1.38. The first-order chi connectivity index (χ1) is 14.7. The number of anilines is 1. The molecule has 2 heterocycles. The summed E-state index contributed by atoms with van der Waals surface area (Å²) in [5.74, 6) is 1.32. The number of hydrogen-bond acceptors (Lipinski definition) is 2. The van der Waals surface area contributed by atoms with E-state index >= 15 is 0 Å². The highest BCUT2D eigenvalue weighted by molar-refractivity contribution is 5.77. The fourth-order valence-electron chi connectivity index (χ4n) is 4.02. The van der Waals surface area contributed by atoms with Crippen molar-refractivity contribution in [3.8, 4) is 0 Å². The number of rotatable bonds is 6. The number of aryl methyl sites for hydroxylation is 1. The Labute approximate surface area is 178 Å². The molecule has 1 fully saturated rings. The van der Waals surface area contributed by atoms with Gasteiger partial charge in [-0.05, 0) is 13.0 Å². The lowest BCUT2D eigenvalue weighted by atomic mass is 9.98. The van der Waals surface area contributed by atoms with E-state index in [9.17, 15) is 4.79 Å². The largest absolute Gasteiger partial charge is 0.330 e. The number of piperazine rings is 1. The molecule has 1 atom stereocenters. The molecule has 0 radical (unpaired) electrons. The number of aromatic amines is 1. The van der Waals surface area contributed by atoms with Crippen LogP contribution in [0.15, 0.2) is 79.0 Å². The van der Waals surface area contributed by atoms with Crippen molar-refractivity contribution in [3.05, 3.63) is 95.7 Å². The zero-order valence-electron chi connectivity index (χ0n) is 17.5. The topological polar surface area (TPSA) is 54.3 Å². The van der Waals surface area contributed by atoms with Crippen LogP contribution < -0.4 is 15.2 Å². The van der Waals surface area contributed by atoms with Gasteiger partial charge in [-0.2, -0.15) is 0 Å². The van der Waals surface area contributed by atoms with Gasteiger partial charge in [-0.15, -0.1) is 0 Å². The number of carbonyl (C=O) groups is 1. The zero-order chi connectivity index (χ0) is 20.8. The number of aromatic nitrogens is 1. The number of hydrogen-bond donors (Lipinski definition) is 1. The number of nitrogens with one attached hydrogen (secondary N) is 1. The summed E-state index contributed by atoms with van der Waals surface area (Å²) in [6.07, 6.45) is 1.94. The molecule has 1 aliphatic heterocycles. The molecule has 1 aromatic heterocycles. The predicted molar refractivity (Wildman–Crippen MR) is 118 cm³/mol. The average molecular weight is 403 g/mol. The summed E-state index contributed by atoms with van der Waals surface area (Å²) in [4.78, 5) is 20.5. The van der Waals surface area contributed by atoms with Crippen LogP contribution in [-0.4, -0.2) is 43.5 Å². The van der Waals surface area contributed by atoms with Crippen LogP contribution in [-0.2, 0) is 4.79 Å². The van der Waals surface area contributed by atoms with Crippen LogP contribution in [0.25, 0.3) is 0 Å². The number of quaternary nitrogens is 1. The van der Waals surface area contributed by atoms with Crippen molar-refractivity contribution >= 4 is 11.7 Å². The van der Waals surface area contributed by atoms with E-state index in [4.69, 9.17) is 0 Å². The van der Waals surface area contributed by atoms with Crippen LogP contribution in [0.3, 0.4) is 0 Å². The molecule has 5 nitrogen and oxygen atoms in total. The van der Waals surface area contributed by atoms with Crippen LogP contribution in [0.5, 0.6) is 0 Å². The lowest BCUT2D eigenvalue weighted by Crippen LogP contribution is -2.88. The molecule has 2 aromatic carbocycles. The molecule has 154 valence electrons. The van der Waals surface area contributed by atoms with E-state index in [1.54, 1.807) is 0 Å². The first kappa shape index (κ1) is 20.1. The molecule has 0 unspecified atom stereocenters. The van der Waals surface area contributed by atoms with Crippen LogP contribution in [0.4, 0.5) is 5.82 Å². The van der Waals surface area contributed by atoms with Crippen molar-refractivity contribution in [2.45, 2.75) is 13.0 Å². The monoisotopic (exact) mass is 402 g/mol. The molecule has 1 saturated heterocycles. The van der Waals surface area contributed by atoms with Crippen LogP contribution >= 0.6 is 0 Å². The van der Waals surface area contributed by atoms with Crippen molar-refractivity contribution in [3.63, 3.8) is 0 Å². The van der Waals surface area contributed by atoms with Gasteiger partial charge in [-0.25, -0.2) is 4.98 Å². The van der Waals surface area contributed by atoms with Crippen LogP contribution in [0.1, 0.15) is 22.7 Å². The van der Waals surface area contributed by atoms with Gasteiger partial charge in [0.2, 0.25) is 0 Å². The van der Waals surface area contributed by atoms with E-state index in [1.807, 2.05) is 29.3 Å². The van der Waals surface area contributed by atoms with Crippen molar-refractivity contribution in [2.24, 2.45) is 0 Å². The highest BCUT2D eigenvalue weighted by Crippen LogP contribution is 2.18. The van der Waals surface area contributed by atoms with Gasteiger partial charge in [0.1, 0.15) is 19.1 Å². The molecule has 1 aliphatic rings. The maximum Gasteiger partial charge on any atom is 0.277 e. The Bertz CT molecular complexity index is 936. The first-order valence-electron chi connectivity index (χ1n) is 10.6. The van der Waals surface area contributed by atoms with Gasteiger partial charge in [0.25, 0.3) is 11.7 Å². The molecule has 0 spiro atoms. The minimum absolute atomic E-state index is 0.121. The number of nitrogens with two attached hydrogens (primary N) is 1. The second kappa shape index (κ2) is 9.55. The van der Waals surface area contributed by atoms with E-state index in [1.165, 1.54) is 16.7 Å². The quantitative estimate of drug-likeness (QED) is 0.684. The number of nitrogens with zero attached hydrogens (tertiary/aromatic N) is 2. The average Bonchev–Trinajstić information content (AvgIpc) is 2.81. The number of H-pyrrole nitrogens is 1. The third kappa shape index (κ3) is 4.86. The first-order valence-corrected chi connectivity index (χ1v) is 10.6. The highest BCUT2D eigenvalue weighted by Gasteiger charge is 2.27. The predicted octanol–water partition coefficient (Wildman–Crippen LogP) is 1.81. The van der Waals surface area contributed by atoms with Gasteiger partial charge in [0.15, 0.2) is 6.54 Å². The number of benzene rings is 2. The summed E-state index contributed by atoms with van der Waals surface area (Å²) >= 11 is 0. The fraction of sp³-hybridized carbons (Fsp3) is 0.280. The molecule has 4 rings (SSSR count). The van der Waals surface area contributed by atoms with Crippen LogP contribution in [0, 0.1) is 6.92 Å². The Kier molecular flexibility index (Phi) is 6.40. The molecule has 3 N–H and O–H groups in total. The van der Waals surface area contributed by atoms with Gasteiger partial charge >= 0.3 is 0 Å². The normalized spacial score (nSPS) is 15.1. The van der Waals surface area contributed by atoms with E-state index in [-0.39, 0.29) is 11.9 Å². The zero-order valence-corrected chi connectivity index (χ0v) is 17.5. The lowest BCUT2D eigenvalue weighted by Gasteiger charge is -2.30. The third-order valence-corrected chi connectivity index (χ3v) is 5.79. The summed E-state index contributed by atoms with van der Waals surface area (Å²) in [6, 6.07) is 25.3. The fourth-order valence-corrected chi connectivity index (χ4v) is 4.02. The molecule has 0 aliphatic carbocycles. The summed E-state index contributed by atoms with van der Waals surface area (Å²) in [7, 11) is 0. The van der Waals surface area contributed by atoms with Crippen molar-refractivity contribution in [1.29, 1.82) is 0 Å². The van der Waals surface area contributed by atoms with Gasteiger partial charge in [0.05, 0.1) is 19.3 Å². The van der Waals surface area contributed by atoms with E-state index in [0.29, 0.717) is 6.54 Å². The molecule has 1 amide bonds. The minimum atomic E-state index is 0.121. The number of pyridine rings is 1. The molecular weight excluding hydrogens is 372 g/mol. The minimum Gasteiger partial charge on any atom is -0.330 e. The SMILES string of the molecule is Cc1ccc([C@H]([NH2+]CC(=O)N2CCN(c3cccc[nH+]3)CC2)c2ccccc2)cc1. The number of carbonyl (C=O) groups excluding carboxylic acids is 1. The lowest BCUT2D eigenvalue weighted by molar-refractivity contribution is -0.677. The Hall–Kier alpha value is -3.18. The summed E-state index contributed by atoms with van der Waals surface area (Å²) in [5, 5.41) is 2.17. The third-order valence-electron chi connectivity index (χ3n) is 5.79. The Morgan fingerprint density at radius 2 is 1.57 bits per heavy atom. The maximum absolute atomic E-state index is 12.9. The van der Waals surface area contributed by atoms with Gasteiger partial charge < -0.3 is 10.2 Å². The molecule has 30 heavy (non-hydrogen) atoms. The standard InChI is InChI=1S/C25H28N4O/c1-20-10-12-22(13-11-20)25(21-7-3-2-4-8-21)27-19-24(30)29-17-15-28(16-18-29)23-9-5-6-14-26-23/h2-14,25,27H,15-19H2,1H3/p+2/t25-/m1/s1. The Morgan fingerprint density at radius 3 is 2.23 bits per heavy atom. The number of amides is 1. The molecule has 0 saturated carbocycles. The highest BCUT2D eigenvalue weighted by atomic mass is 16.2. The van der Waals surface area contributed by atoms with Crippen molar-refractivity contribution in [1.82, 2.24) is 4.90 Å². The van der Waals surface area contributed by atoms with Crippen molar-refractivity contribution in [2.75, 3.05) is 37.6 Å². The smallest absolute Gasteiger partial charge is 0.277 e. The second-order valence-electron chi connectivity index (χ2n) is 7.85. The van der Waals surface area contributed by atoms with Gasteiger partial charge in [-0.1, -0.05) is 66.2 Å². The van der Waals surface area contributed by atoms with E-state index in [2.05, 4.69) is 76.7 Å². The molecule has 3 aromatic rings. The van der Waals surface area contributed by atoms with E-state index < -0.39 is 0 Å². The second-order valence-corrected chi connectivity index (χ2v) is 7.85. The summed E-state index contributed by atoms with van der Waals surface area (Å²) in [5.41, 5.74) is 3.69. The summed E-state index contributed by atoms with van der Waals surface area (Å²) in [6.45, 7) is 5.77. The van der Waals surface area contributed by atoms with E-state index in [0.717, 1.165) is 32.0 Å². The maximum atomic E-state index is 12.9. The summed E-state index contributed by atoms with van der Waals surface area (Å²) < 4.78 is 0. The molecule has 5 heteroatoms. The molecular formula is C25H30N4O+2. The van der Waals surface area contributed by atoms with Crippen molar-refractivity contribution < 1.29 is 15.1 Å². The van der Waals surface area contributed by atoms with Gasteiger partial charge in [-0.3, -0.25) is 9.69 Å². The molecule has 0 bridgehead atoms.